The number of aromatic nitrogens is 1. The maximum atomic E-state index is 9.79. The maximum absolute atomic E-state index is 9.79. The van der Waals surface area contributed by atoms with Crippen molar-refractivity contribution < 1.29 is 5.11 Å². The van der Waals surface area contributed by atoms with Gasteiger partial charge in [-0.1, -0.05) is 20.8 Å². The van der Waals surface area contributed by atoms with Gasteiger partial charge in [0.25, 0.3) is 0 Å². The molecule has 0 radical (unpaired) electrons. The lowest BCUT2D eigenvalue weighted by Gasteiger charge is -2.25. The van der Waals surface area contributed by atoms with Gasteiger partial charge in [0.15, 0.2) is 0 Å². The Labute approximate surface area is 129 Å². The van der Waals surface area contributed by atoms with Crippen LogP contribution in [0.15, 0.2) is 18.3 Å². The predicted molar refractivity (Wildman–Crippen MR) is 89.8 cm³/mol. The van der Waals surface area contributed by atoms with E-state index in [1.165, 1.54) is 0 Å². The first-order valence-corrected chi connectivity index (χ1v) is 8.27. The number of aliphatic hydroxyl groups excluding tert-OH is 1. The monoisotopic (exact) mass is 293 g/mol. The van der Waals surface area contributed by atoms with Crippen LogP contribution in [0.2, 0.25) is 0 Å². The van der Waals surface area contributed by atoms with Crippen molar-refractivity contribution in [3.63, 3.8) is 0 Å². The lowest BCUT2D eigenvalue weighted by Crippen LogP contribution is -2.30. The van der Waals surface area contributed by atoms with Crippen molar-refractivity contribution in [3.8, 4) is 0 Å². The van der Waals surface area contributed by atoms with Crippen LogP contribution in [0.5, 0.6) is 0 Å². The summed E-state index contributed by atoms with van der Waals surface area (Å²) in [6.07, 6.45) is 3.30. The molecule has 0 bridgehead atoms. The molecule has 4 nitrogen and oxygen atoms in total. The van der Waals surface area contributed by atoms with E-state index in [0.717, 1.165) is 50.5 Å². The molecule has 120 valence electrons. The van der Waals surface area contributed by atoms with E-state index in [9.17, 15) is 5.11 Å². The molecule has 0 saturated carbocycles. The fourth-order valence-corrected chi connectivity index (χ4v) is 2.49. The fourth-order valence-electron chi connectivity index (χ4n) is 2.49. The third-order valence-electron chi connectivity index (χ3n) is 4.04. The number of aliphatic hydroxyl groups is 1. The Bertz CT molecular complexity index is 376. The van der Waals surface area contributed by atoms with Crippen molar-refractivity contribution in [3.05, 3.63) is 24.0 Å². The number of nitrogens with zero attached hydrogens (tertiary/aromatic N) is 3. The van der Waals surface area contributed by atoms with Gasteiger partial charge in [-0.15, -0.1) is 0 Å². The normalized spacial score (nSPS) is 12.7. The van der Waals surface area contributed by atoms with Crippen LogP contribution in [-0.2, 0) is 0 Å². The van der Waals surface area contributed by atoms with Crippen molar-refractivity contribution in [2.24, 2.45) is 0 Å². The maximum Gasteiger partial charge on any atom is 0.0957 e. The minimum Gasteiger partial charge on any atom is -0.387 e. The lowest BCUT2D eigenvalue weighted by atomic mass is 10.2. The van der Waals surface area contributed by atoms with E-state index in [1.54, 1.807) is 0 Å². The third kappa shape index (κ3) is 5.64. The average Bonchev–Trinajstić information content (AvgIpc) is 2.55. The highest BCUT2D eigenvalue weighted by Crippen LogP contribution is 2.18. The second-order valence-corrected chi connectivity index (χ2v) is 5.33. The first-order valence-electron chi connectivity index (χ1n) is 8.27. The summed E-state index contributed by atoms with van der Waals surface area (Å²) in [4.78, 5) is 9.19. The molecule has 1 aromatic rings. The molecule has 1 aromatic heterocycles. The Morgan fingerprint density at radius 1 is 1.05 bits per heavy atom. The number of anilines is 1. The summed E-state index contributed by atoms with van der Waals surface area (Å²) in [5.41, 5.74) is 1.91. The smallest absolute Gasteiger partial charge is 0.0957 e. The van der Waals surface area contributed by atoms with Crippen molar-refractivity contribution >= 4 is 5.69 Å². The van der Waals surface area contributed by atoms with Crippen LogP contribution in [-0.4, -0.2) is 47.7 Å². The van der Waals surface area contributed by atoms with E-state index >= 15 is 0 Å². The Morgan fingerprint density at radius 3 is 2.24 bits per heavy atom. The molecular formula is C17H31N3O. The van der Waals surface area contributed by atoms with Gasteiger partial charge in [-0.3, -0.25) is 4.98 Å². The van der Waals surface area contributed by atoms with E-state index in [1.807, 2.05) is 19.2 Å². The first kappa shape index (κ1) is 17.9. The standard InChI is InChI=1S/C17H31N3O/c1-5-17(21)16-11-10-15(14-18-16)20(8-4)13-9-12-19(6-2)7-3/h10-11,14,17,21H,5-9,12-13H2,1-4H3/t17-/m1/s1. The van der Waals surface area contributed by atoms with Gasteiger partial charge in [-0.05, 0) is 51.5 Å². The van der Waals surface area contributed by atoms with Gasteiger partial charge in [0, 0.05) is 13.1 Å². The molecule has 0 aliphatic carbocycles. The van der Waals surface area contributed by atoms with Crippen LogP contribution in [0, 0.1) is 0 Å². The highest BCUT2D eigenvalue weighted by molar-refractivity contribution is 5.44. The second kappa shape index (κ2) is 9.74. The number of hydrogen-bond acceptors (Lipinski definition) is 4. The van der Waals surface area contributed by atoms with Gasteiger partial charge in [0.2, 0.25) is 0 Å². The Balaban J connectivity index is 2.55. The van der Waals surface area contributed by atoms with Crippen LogP contribution in [0.1, 0.15) is 52.3 Å². The Morgan fingerprint density at radius 2 is 1.76 bits per heavy atom. The van der Waals surface area contributed by atoms with E-state index in [2.05, 4.69) is 41.6 Å². The molecule has 0 unspecified atom stereocenters. The van der Waals surface area contributed by atoms with Gasteiger partial charge in [-0.25, -0.2) is 0 Å². The number of pyridine rings is 1. The van der Waals surface area contributed by atoms with Gasteiger partial charge >= 0.3 is 0 Å². The van der Waals surface area contributed by atoms with E-state index in [-0.39, 0.29) is 0 Å². The molecule has 0 saturated heterocycles. The summed E-state index contributed by atoms with van der Waals surface area (Å²) in [6.45, 7) is 14.0. The second-order valence-electron chi connectivity index (χ2n) is 5.33. The molecule has 0 aromatic carbocycles. The van der Waals surface area contributed by atoms with Crippen LogP contribution < -0.4 is 4.90 Å². The summed E-state index contributed by atoms with van der Waals surface area (Å²) >= 11 is 0. The number of rotatable bonds is 10. The Hall–Kier alpha value is -1.13. The lowest BCUT2D eigenvalue weighted by molar-refractivity contribution is 0.169. The van der Waals surface area contributed by atoms with Crippen molar-refractivity contribution in [2.75, 3.05) is 37.6 Å². The SMILES string of the molecule is CC[C@@H](O)c1ccc(N(CC)CCCN(CC)CC)cn1. The zero-order valence-corrected chi connectivity index (χ0v) is 14.0. The molecule has 1 heterocycles. The van der Waals surface area contributed by atoms with Crippen molar-refractivity contribution in [1.29, 1.82) is 0 Å². The molecule has 0 aliphatic rings. The fraction of sp³-hybridized carbons (Fsp3) is 0.706. The molecule has 1 N–H and O–H groups in total. The average molecular weight is 293 g/mol. The minimum absolute atomic E-state index is 0.447. The molecule has 0 spiro atoms. The number of hydrogen-bond donors (Lipinski definition) is 1. The molecule has 1 rings (SSSR count). The van der Waals surface area contributed by atoms with Crippen molar-refractivity contribution in [1.82, 2.24) is 9.88 Å². The molecule has 1 atom stereocenters. The van der Waals surface area contributed by atoms with E-state index in [4.69, 9.17) is 0 Å². The zero-order valence-electron chi connectivity index (χ0n) is 14.0. The molecule has 0 amide bonds. The predicted octanol–water partition coefficient (Wildman–Crippen LogP) is 3.08. The largest absolute Gasteiger partial charge is 0.387 e. The van der Waals surface area contributed by atoms with Gasteiger partial charge < -0.3 is 14.9 Å². The van der Waals surface area contributed by atoms with Gasteiger partial charge in [-0.2, -0.15) is 0 Å². The highest BCUT2D eigenvalue weighted by atomic mass is 16.3. The minimum atomic E-state index is -0.447. The van der Waals surface area contributed by atoms with Crippen LogP contribution in [0.3, 0.4) is 0 Å². The van der Waals surface area contributed by atoms with Gasteiger partial charge in [0.1, 0.15) is 0 Å². The quantitative estimate of drug-likeness (QED) is 0.719. The third-order valence-corrected chi connectivity index (χ3v) is 4.04. The Kier molecular flexibility index (Phi) is 8.31. The van der Waals surface area contributed by atoms with E-state index in [0.29, 0.717) is 6.42 Å². The van der Waals surface area contributed by atoms with Crippen molar-refractivity contribution in [2.45, 2.75) is 46.6 Å². The molecule has 21 heavy (non-hydrogen) atoms. The zero-order chi connectivity index (χ0) is 15.7. The summed E-state index contributed by atoms with van der Waals surface area (Å²) in [7, 11) is 0. The molecular weight excluding hydrogens is 262 g/mol. The van der Waals surface area contributed by atoms with Crippen LogP contribution >= 0.6 is 0 Å². The summed E-state index contributed by atoms with van der Waals surface area (Å²) in [5.74, 6) is 0. The first-order chi connectivity index (χ1) is 10.2. The molecule has 4 heteroatoms. The van der Waals surface area contributed by atoms with E-state index < -0.39 is 6.10 Å². The molecule has 0 fully saturated rings. The topological polar surface area (TPSA) is 39.6 Å². The molecule has 0 aliphatic heterocycles. The van der Waals surface area contributed by atoms with Crippen LogP contribution in [0.25, 0.3) is 0 Å². The summed E-state index contributed by atoms with van der Waals surface area (Å²) in [5, 5.41) is 9.79. The summed E-state index contributed by atoms with van der Waals surface area (Å²) < 4.78 is 0. The van der Waals surface area contributed by atoms with Crippen LogP contribution in [0.4, 0.5) is 5.69 Å². The van der Waals surface area contributed by atoms with Gasteiger partial charge in [0.05, 0.1) is 23.7 Å². The summed E-state index contributed by atoms with van der Waals surface area (Å²) in [6, 6.07) is 4.01. The highest BCUT2D eigenvalue weighted by Gasteiger charge is 2.09.